The summed E-state index contributed by atoms with van der Waals surface area (Å²) in [7, 11) is 1.43. The molecule has 0 unspecified atom stereocenters. The smallest absolute Gasteiger partial charge is 0.331 e. The Morgan fingerprint density at radius 1 is 1.12 bits per heavy atom. The van der Waals surface area contributed by atoms with Crippen molar-refractivity contribution in [1.29, 1.82) is 0 Å². The van der Waals surface area contributed by atoms with E-state index in [2.05, 4.69) is 4.98 Å². The lowest BCUT2D eigenvalue weighted by atomic mass is 10.1. The number of amides is 2. The van der Waals surface area contributed by atoms with Gasteiger partial charge in [0.2, 0.25) is 0 Å². The number of thioether (sulfide) groups is 1. The zero-order valence-electron chi connectivity index (χ0n) is 18.3. The summed E-state index contributed by atoms with van der Waals surface area (Å²) >= 11 is 0.869. The molecule has 0 bridgehead atoms. The zero-order valence-corrected chi connectivity index (χ0v) is 19.1. The maximum atomic E-state index is 12.9. The maximum Gasteiger partial charge on any atom is 0.331 e. The van der Waals surface area contributed by atoms with Crippen molar-refractivity contribution in [2.24, 2.45) is 0 Å². The molecule has 1 aliphatic rings. The molecule has 34 heavy (non-hydrogen) atoms. The molecular formula is C24H19N3O6S. The fraction of sp³-hybridized carbons (Fsp3) is 0.125. The molecule has 2 amide bonds. The third-order valence-electron chi connectivity index (χ3n) is 5.10. The first-order valence-corrected chi connectivity index (χ1v) is 10.9. The van der Waals surface area contributed by atoms with Crippen LogP contribution < -0.4 is 9.47 Å². The van der Waals surface area contributed by atoms with Crippen molar-refractivity contribution in [2.75, 3.05) is 7.11 Å². The molecule has 172 valence electrons. The zero-order chi connectivity index (χ0) is 24.2. The van der Waals surface area contributed by atoms with Crippen LogP contribution in [0.25, 0.3) is 6.08 Å². The first kappa shape index (κ1) is 23.0. The highest BCUT2D eigenvalue weighted by Gasteiger charge is 2.35. The van der Waals surface area contributed by atoms with Gasteiger partial charge >= 0.3 is 5.69 Å². The molecule has 4 rings (SSSR count). The van der Waals surface area contributed by atoms with Gasteiger partial charge in [-0.25, -0.2) is 4.98 Å². The normalized spacial score (nSPS) is 14.5. The van der Waals surface area contributed by atoms with Crippen LogP contribution in [0.4, 0.5) is 10.5 Å². The fourth-order valence-corrected chi connectivity index (χ4v) is 4.15. The number of benzene rings is 2. The van der Waals surface area contributed by atoms with Crippen LogP contribution in [-0.2, 0) is 11.3 Å². The van der Waals surface area contributed by atoms with Gasteiger partial charge in [-0.15, -0.1) is 0 Å². The van der Waals surface area contributed by atoms with Gasteiger partial charge in [-0.05, 0) is 59.7 Å². The summed E-state index contributed by atoms with van der Waals surface area (Å²) in [5.41, 5.74) is 2.22. The van der Waals surface area contributed by atoms with E-state index in [1.165, 1.54) is 30.3 Å². The number of hydrogen-bond donors (Lipinski definition) is 0. The highest BCUT2D eigenvalue weighted by atomic mass is 32.2. The van der Waals surface area contributed by atoms with Crippen molar-refractivity contribution in [3.05, 3.63) is 92.5 Å². The molecular weight excluding hydrogens is 458 g/mol. The number of nitrogens with zero attached hydrogens (tertiary/aromatic N) is 3. The van der Waals surface area contributed by atoms with Crippen molar-refractivity contribution < 1.29 is 24.0 Å². The van der Waals surface area contributed by atoms with Crippen molar-refractivity contribution in [3.8, 4) is 17.4 Å². The average molecular weight is 477 g/mol. The molecule has 2 heterocycles. The standard InChI is InChI=1S/C24H19N3O6S/c1-15-6-3-4-7-17(15)14-26-23(28)21(34-24(26)29)13-16-9-10-19(20(12-16)32-2)33-22-18(27(30)31)8-5-11-25-22/h3-13H,14H2,1-2H3/b21-13-. The maximum absolute atomic E-state index is 12.9. The molecule has 0 spiro atoms. The summed E-state index contributed by atoms with van der Waals surface area (Å²) in [6, 6.07) is 15.1. The topological polar surface area (TPSA) is 112 Å². The van der Waals surface area contributed by atoms with E-state index in [0.717, 1.165) is 22.9 Å². The van der Waals surface area contributed by atoms with Gasteiger partial charge in [-0.2, -0.15) is 0 Å². The number of aromatic nitrogens is 1. The number of aryl methyl sites for hydroxylation is 1. The predicted octanol–water partition coefficient (Wildman–Crippen LogP) is 5.34. The van der Waals surface area contributed by atoms with E-state index >= 15 is 0 Å². The second-order valence-electron chi connectivity index (χ2n) is 7.29. The largest absolute Gasteiger partial charge is 0.493 e. The fourth-order valence-electron chi connectivity index (χ4n) is 3.31. The molecule has 1 saturated heterocycles. The van der Waals surface area contributed by atoms with Crippen molar-refractivity contribution in [2.45, 2.75) is 13.5 Å². The molecule has 1 aromatic heterocycles. The molecule has 0 N–H and O–H groups in total. The quantitative estimate of drug-likeness (QED) is 0.255. The van der Waals surface area contributed by atoms with E-state index in [-0.39, 0.29) is 45.7 Å². The van der Waals surface area contributed by atoms with Gasteiger partial charge in [0.15, 0.2) is 11.5 Å². The Hall–Kier alpha value is -4.18. The molecule has 9 nitrogen and oxygen atoms in total. The number of pyridine rings is 1. The third kappa shape index (κ3) is 4.76. The number of ether oxygens (including phenoxy) is 2. The number of rotatable bonds is 7. The molecule has 1 aliphatic heterocycles. The third-order valence-corrected chi connectivity index (χ3v) is 6.01. The highest BCUT2D eigenvalue weighted by molar-refractivity contribution is 8.18. The van der Waals surface area contributed by atoms with Crippen LogP contribution in [0.2, 0.25) is 0 Å². The van der Waals surface area contributed by atoms with Crippen molar-refractivity contribution in [3.63, 3.8) is 0 Å². The monoisotopic (exact) mass is 477 g/mol. The minimum atomic E-state index is -0.587. The van der Waals surface area contributed by atoms with Crippen LogP contribution in [0.5, 0.6) is 17.4 Å². The molecule has 0 aliphatic carbocycles. The van der Waals surface area contributed by atoms with Gasteiger partial charge in [0.1, 0.15) is 0 Å². The number of hydrogen-bond acceptors (Lipinski definition) is 8. The van der Waals surface area contributed by atoms with E-state index < -0.39 is 4.92 Å². The van der Waals surface area contributed by atoms with E-state index in [4.69, 9.17) is 9.47 Å². The Balaban J connectivity index is 1.57. The molecule has 3 aromatic rings. The molecule has 1 fully saturated rings. The van der Waals surface area contributed by atoms with Crippen LogP contribution in [0.3, 0.4) is 0 Å². The number of nitro groups is 1. The Labute approximate surface area is 199 Å². The molecule has 2 aromatic carbocycles. The van der Waals surface area contributed by atoms with E-state index in [1.807, 2.05) is 31.2 Å². The predicted molar refractivity (Wildman–Crippen MR) is 127 cm³/mol. The van der Waals surface area contributed by atoms with E-state index in [9.17, 15) is 19.7 Å². The Morgan fingerprint density at radius 2 is 1.91 bits per heavy atom. The first-order chi connectivity index (χ1) is 16.4. The van der Waals surface area contributed by atoms with Gasteiger partial charge < -0.3 is 9.47 Å². The highest BCUT2D eigenvalue weighted by Crippen LogP contribution is 2.37. The minimum absolute atomic E-state index is 0.170. The molecule has 0 saturated carbocycles. The van der Waals surface area contributed by atoms with Crippen LogP contribution >= 0.6 is 11.8 Å². The number of carbonyl (C=O) groups excluding carboxylic acids is 2. The number of carbonyl (C=O) groups is 2. The molecule has 10 heteroatoms. The Bertz CT molecular complexity index is 1320. The lowest BCUT2D eigenvalue weighted by molar-refractivity contribution is -0.386. The number of imide groups is 1. The second-order valence-corrected chi connectivity index (χ2v) is 8.28. The lowest BCUT2D eigenvalue weighted by Crippen LogP contribution is -2.27. The Morgan fingerprint density at radius 3 is 2.65 bits per heavy atom. The minimum Gasteiger partial charge on any atom is -0.493 e. The van der Waals surface area contributed by atoms with Gasteiger partial charge in [0.05, 0.1) is 23.5 Å². The second kappa shape index (κ2) is 9.75. The van der Waals surface area contributed by atoms with Gasteiger partial charge in [0.25, 0.3) is 17.0 Å². The lowest BCUT2D eigenvalue weighted by Gasteiger charge is -2.14. The first-order valence-electron chi connectivity index (χ1n) is 10.1. The summed E-state index contributed by atoms with van der Waals surface area (Å²) in [5, 5.41) is 10.9. The van der Waals surface area contributed by atoms with Crippen LogP contribution in [0, 0.1) is 17.0 Å². The SMILES string of the molecule is COc1cc(/C=C2\SC(=O)N(Cc3ccccc3C)C2=O)ccc1Oc1ncccc1[N+](=O)[O-]. The van der Waals surface area contributed by atoms with E-state index in [1.54, 1.807) is 24.3 Å². The summed E-state index contributed by atoms with van der Waals surface area (Å²) in [4.78, 5) is 41.4. The van der Waals surface area contributed by atoms with E-state index in [0.29, 0.717) is 5.56 Å². The van der Waals surface area contributed by atoms with Crippen LogP contribution in [-0.4, -0.2) is 33.1 Å². The molecule has 0 atom stereocenters. The summed E-state index contributed by atoms with van der Waals surface area (Å²) in [6.07, 6.45) is 2.98. The van der Waals surface area contributed by atoms with Crippen molar-refractivity contribution >= 4 is 34.7 Å². The van der Waals surface area contributed by atoms with Crippen LogP contribution in [0.15, 0.2) is 65.7 Å². The van der Waals surface area contributed by atoms with Crippen LogP contribution in [0.1, 0.15) is 16.7 Å². The Kier molecular flexibility index (Phi) is 6.60. The summed E-state index contributed by atoms with van der Waals surface area (Å²) in [6.45, 7) is 2.13. The number of methoxy groups -OCH3 is 1. The van der Waals surface area contributed by atoms with Gasteiger partial charge in [-0.3, -0.25) is 24.6 Å². The summed E-state index contributed by atoms with van der Waals surface area (Å²) in [5.74, 6) is -0.0421. The average Bonchev–Trinajstić information content (AvgIpc) is 3.08. The molecule has 0 radical (unpaired) electrons. The van der Waals surface area contributed by atoms with Crippen molar-refractivity contribution in [1.82, 2.24) is 9.88 Å². The van der Waals surface area contributed by atoms with Gasteiger partial charge in [-0.1, -0.05) is 30.3 Å². The van der Waals surface area contributed by atoms with Gasteiger partial charge in [0, 0.05) is 12.3 Å². The summed E-state index contributed by atoms with van der Waals surface area (Å²) < 4.78 is 11.0.